The van der Waals surface area contributed by atoms with Gasteiger partial charge in [-0.05, 0) is 56.0 Å². The van der Waals surface area contributed by atoms with Crippen LogP contribution in [0.2, 0.25) is 0 Å². The molecule has 0 aliphatic rings. The zero-order chi connectivity index (χ0) is 22.5. The third-order valence-corrected chi connectivity index (χ3v) is 5.54. The molecule has 166 valence electrons. The normalized spacial score (nSPS) is 12.2. The van der Waals surface area contributed by atoms with E-state index < -0.39 is 11.6 Å². The first-order chi connectivity index (χ1) is 14.8. The van der Waals surface area contributed by atoms with Gasteiger partial charge in [-0.3, -0.25) is 4.79 Å². The second kappa shape index (κ2) is 10.1. The van der Waals surface area contributed by atoms with Crippen molar-refractivity contribution in [2.75, 3.05) is 18.6 Å². The Balaban J connectivity index is 1.85. The smallest absolute Gasteiger partial charge is 0.255 e. The standard InChI is InChI=1S/C22H26F2N4O2S/c1-13-9-19-21(22(29)26-11-15(25)7-8-31-3)14(2)27-28(19)20(10-13)30-12-16-17(23)5-4-6-18(16)24/h4-6,9-10,15H,7-8,11-12,25H2,1-3H3,(H,26,29). The molecule has 0 spiro atoms. The number of halogens is 2. The fraction of sp³-hybridized carbons (Fsp3) is 0.364. The molecule has 3 aromatic rings. The van der Waals surface area contributed by atoms with Crippen LogP contribution in [0.1, 0.15) is 33.6 Å². The summed E-state index contributed by atoms with van der Waals surface area (Å²) in [6.07, 6.45) is 2.81. The van der Waals surface area contributed by atoms with Crippen LogP contribution in [0.5, 0.6) is 5.88 Å². The van der Waals surface area contributed by atoms with Crippen molar-refractivity contribution in [1.29, 1.82) is 0 Å². The Morgan fingerprint density at radius 1 is 1.29 bits per heavy atom. The summed E-state index contributed by atoms with van der Waals surface area (Å²) in [6, 6.07) is 7.05. The summed E-state index contributed by atoms with van der Waals surface area (Å²) in [5.74, 6) is -0.424. The molecular weight excluding hydrogens is 422 g/mol. The number of nitrogens with one attached hydrogen (secondary N) is 1. The summed E-state index contributed by atoms with van der Waals surface area (Å²) >= 11 is 1.71. The zero-order valence-corrected chi connectivity index (χ0v) is 18.6. The third kappa shape index (κ3) is 5.34. The average Bonchev–Trinajstić information content (AvgIpc) is 3.05. The highest BCUT2D eigenvalue weighted by Gasteiger charge is 2.20. The maximum absolute atomic E-state index is 13.9. The number of amides is 1. The van der Waals surface area contributed by atoms with Gasteiger partial charge in [0.15, 0.2) is 0 Å². The van der Waals surface area contributed by atoms with E-state index in [2.05, 4.69) is 10.4 Å². The second-order valence-electron chi connectivity index (χ2n) is 7.37. The molecule has 0 radical (unpaired) electrons. The van der Waals surface area contributed by atoms with E-state index in [1.54, 1.807) is 24.8 Å². The van der Waals surface area contributed by atoms with Crippen LogP contribution in [0.3, 0.4) is 0 Å². The number of hydrogen-bond acceptors (Lipinski definition) is 5. The Bertz CT molecular complexity index is 1070. The van der Waals surface area contributed by atoms with Gasteiger partial charge >= 0.3 is 0 Å². The first-order valence-corrected chi connectivity index (χ1v) is 11.3. The van der Waals surface area contributed by atoms with Crippen molar-refractivity contribution < 1.29 is 18.3 Å². The average molecular weight is 449 g/mol. The van der Waals surface area contributed by atoms with Crippen LogP contribution in [0, 0.1) is 25.5 Å². The van der Waals surface area contributed by atoms with E-state index in [1.165, 1.54) is 22.7 Å². The summed E-state index contributed by atoms with van der Waals surface area (Å²) in [5.41, 5.74) is 8.19. The van der Waals surface area contributed by atoms with E-state index in [1.807, 2.05) is 19.2 Å². The van der Waals surface area contributed by atoms with Crippen LogP contribution < -0.4 is 15.8 Å². The van der Waals surface area contributed by atoms with Crippen molar-refractivity contribution in [3.63, 3.8) is 0 Å². The highest BCUT2D eigenvalue weighted by Crippen LogP contribution is 2.24. The summed E-state index contributed by atoms with van der Waals surface area (Å²) in [4.78, 5) is 12.8. The van der Waals surface area contributed by atoms with Gasteiger partial charge < -0.3 is 15.8 Å². The van der Waals surface area contributed by atoms with Crippen LogP contribution >= 0.6 is 11.8 Å². The highest BCUT2D eigenvalue weighted by molar-refractivity contribution is 7.98. The molecule has 3 rings (SSSR count). The van der Waals surface area contributed by atoms with Crippen LogP contribution in [0.25, 0.3) is 5.52 Å². The molecule has 2 aromatic heterocycles. The molecule has 1 amide bonds. The van der Waals surface area contributed by atoms with Crippen molar-refractivity contribution in [2.24, 2.45) is 5.73 Å². The lowest BCUT2D eigenvalue weighted by Crippen LogP contribution is -2.37. The largest absolute Gasteiger partial charge is 0.473 e. The van der Waals surface area contributed by atoms with E-state index in [4.69, 9.17) is 10.5 Å². The second-order valence-corrected chi connectivity index (χ2v) is 8.35. The van der Waals surface area contributed by atoms with Gasteiger partial charge in [-0.1, -0.05) is 6.07 Å². The van der Waals surface area contributed by atoms with Gasteiger partial charge in [0.1, 0.15) is 18.2 Å². The summed E-state index contributed by atoms with van der Waals surface area (Å²) in [5, 5.41) is 7.29. The van der Waals surface area contributed by atoms with Crippen LogP contribution in [-0.4, -0.2) is 40.1 Å². The maximum atomic E-state index is 13.9. The predicted octanol–water partition coefficient (Wildman–Crippen LogP) is 3.62. The minimum atomic E-state index is -0.682. The lowest BCUT2D eigenvalue weighted by molar-refractivity contribution is 0.0952. The number of rotatable bonds is 9. The predicted molar refractivity (Wildman–Crippen MR) is 119 cm³/mol. The van der Waals surface area contributed by atoms with E-state index in [-0.39, 0.29) is 30.0 Å². The van der Waals surface area contributed by atoms with Gasteiger partial charge in [0, 0.05) is 18.7 Å². The minimum Gasteiger partial charge on any atom is -0.473 e. The van der Waals surface area contributed by atoms with E-state index >= 15 is 0 Å². The monoisotopic (exact) mass is 448 g/mol. The first-order valence-electron chi connectivity index (χ1n) is 9.90. The molecule has 0 aliphatic heterocycles. The number of carbonyl (C=O) groups excluding carboxylic acids is 1. The Hall–Kier alpha value is -2.65. The molecule has 0 aliphatic carbocycles. The molecular formula is C22H26F2N4O2S. The van der Waals surface area contributed by atoms with Crippen molar-refractivity contribution in [1.82, 2.24) is 14.9 Å². The highest BCUT2D eigenvalue weighted by atomic mass is 32.2. The molecule has 2 heterocycles. The molecule has 0 saturated carbocycles. The van der Waals surface area contributed by atoms with Crippen LogP contribution in [0.4, 0.5) is 8.78 Å². The van der Waals surface area contributed by atoms with Gasteiger partial charge in [0.25, 0.3) is 5.91 Å². The van der Waals surface area contributed by atoms with Gasteiger partial charge in [-0.15, -0.1) is 0 Å². The summed E-state index contributed by atoms with van der Waals surface area (Å²) in [6.45, 7) is 3.63. The molecule has 0 fully saturated rings. The van der Waals surface area contributed by atoms with Gasteiger partial charge in [0.2, 0.25) is 5.88 Å². The van der Waals surface area contributed by atoms with E-state index in [9.17, 15) is 13.6 Å². The van der Waals surface area contributed by atoms with E-state index in [0.29, 0.717) is 23.3 Å². The number of aryl methyl sites for hydroxylation is 2. The molecule has 0 bridgehead atoms. The van der Waals surface area contributed by atoms with Crippen molar-refractivity contribution >= 4 is 23.2 Å². The summed E-state index contributed by atoms with van der Waals surface area (Å²) < 4.78 is 35.1. The molecule has 1 unspecified atom stereocenters. The molecule has 0 saturated heterocycles. The number of benzene rings is 1. The lowest BCUT2D eigenvalue weighted by atomic mass is 10.1. The van der Waals surface area contributed by atoms with E-state index in [0.717, 1.165) is 17.7 Å². The van der Waals surface area contributed by atoms with Crippen molar-refractivity contribution in [3.05, 3.63) is 64.4 Å². The lowest BCUT2D eigenvalue weighted by Gasteiger charge is -2.12. The maximum Gasteiger partial charge on any atom is 0.255 e. The van der Waals surface area contributed by atoms with Crippen LogP contribution in [-0.2, 0) is 6.61 Å². The number of hydrogen-bond donors (Lipinski definition) is 2. The quantitative estimate of drug-likeness (QED) is 0.523. The summed E-state index contributed by atoms with van der Waals surface area (Å²) in [7, 11) is 0. The Kier molecular flexibility index (Phi) is 7.50. The minimum absolute atomic E-state index is 0.130. The number of carbonyl (C=O) groups is 1. The number of aromatic nitrogens is 2. The number of pyridine rings is 1. The Labute approximate surface area is 184 Å². The van der Waals surface area contributed by atoms with Crippen LogP contribution in [0.15, 0.2) is 30.3 Å². The fourth-order valence-electron chi connectivity index (χ4n) is 3.24. The Morgan fingerprint density at radius 2 is 2.00 bits per heavy atom. The molecule has 31 heavy (non-hydrogen) atoms. The molecule has 9 heteroatoms. The zero-order valence-electron chi connectivity index (χ0n) is 17.7. The number of nitrogens with two attached hydrogens (primary N) is 1. The van der Waals surface area contributed by atoms with Gasteiger partial charge in [-0.2, -0.15) is 21.4 Å². The van der Waals surface area contributed by atoms with Gasteiger partial charge in [0.05, 0.1) is 22.3 Å². The molecule has 1 atom stereocenters. The SMILES string of the molecule is CSCCC(N)CNC(=O)c1c(C)nn2c(OCc3c(F)cccc3F)cc(C)cc12. The molecule has 6 nitrogen and oxygen atoms in total. The topological polar surface area (TPSA) is 81.6 Å². The number of nitrogens with zero attached hydrogens (tertiary/aromatic N) is 2. The first kappa shape index (κ1) is 23.0. The van der Waals surface area contributed by atoms with Gasteiger partial charge in [-0.25, -0.2) is 8.78 Å². The molecule has 3 N–H and O–H groups in total. The number of thioether (sulfide) groups is 1. The van der Waals surface area contributed by atoms with Crippen molar-refractivity contribution in [3.8, 4) is 5.88 Å². The van der Waals surface area contributed by atoms with Crippen molar-refractivity contribution in [2.45, 2.75) is 32.9 Å². The number of ether oxygens (including phenoxy) is 1. The third-order valence-electron chi connectivity index (χ3n) is 4.89. The Morgan fingerprint density at radius 3 is 2.68 bits per heavy atom. The molecule has 1 aromatic carbocycles. The fourth-order valence-corrected chi connectivity index (χ4v) is 3.78. The number of fused-ring (bicyclic) bond motifs is 1.